The lowest BCUT2D eigenvalue weighted by Gasteiger charge is -2.38. The van der Waals surface area contributed by atoms with Crippen LogP contribution in [0.3, 0.4) is 0 Å². The van der Waals surface area contributed by atoms with Crippen molar-refractivity contribution in [1.29, 1.82) is 0 Å². The van der Waals surface area contributed by atoms with Crippen LogP contribution in [-0.2, 0) is 9.47 Å². The second-order valence-corrected chi connectivity index (χ2v) is 8.26. The Morgan fingerprint density at radius 3 is 2.63 bits per heavy atom. The molecule has 4 aliphatic rings. The Balaban J connectivity index is 1.50. The van der Waals surface area contributed by atoms with Gasteiger partial charge in [0.1, 0.15) is 0 Å². The van der Waals surface area contributed by atoms with Crippen molar-refractivity contribution >= 4 is 0 Å². The van der Waals surface area contributed by atoms with E-state index in [-0.39, 0.29) is 6.29 Å². The van der Waals surface area contributed by atoms with Gasteiger partial charge in [0.25, 0.3) is 0 Å². The summed E-state index contributed by atoms with van der Waals surface area (Å²) in [6, 6.07) is 0. The van der Waals surface area contributed by atoms with E-state index >= 15 is 0 Å². The Kier molecular flexibility index (Phi) is 2.50. The van der Waals surface area contributed by atoms with E-state index in [9.17, 15) is 0 Å². The average molecular weight is 264 g/mol. The largest absolute Gasteiger partial charge is 0.346 e. The summed E-state index contributed by atoms with van der Waals surface area (Å²) in [4.78, 5) is 0. The molecule has 2 heteroatoms. The summed E-state index contributed by atoms with van der Waals surface area (Å²) in [7, 11) is 0. The van der Waals surface area contributed by atoms with E-state index in [2.05, 4.69) is 27.7 Å². The highest BCUT2D eigenvalue weighted by Crippen LogP contribution is 2.69. The predicted octanol–water partition coefficient (Wildman–Crippen LogP) is 3.99. The van der Waals surface area contributed by atoms with E-state index in [1.807, 2.05) is 0 Å². The van der Waals surface area contributed by atoms with Crippen molar-refractivity contribution in [3.05, 3.63) is 0 Å². The molecular weight excluding hydrogens is 236 g/mol. The highest BCUT2D eigenvalue weighted by Gasteiger charge is 2.71. The number of fused-ring (bicyclic) bond motifs is 5. The van der Waals surface area contributed by atoms with Gasteiger partial charge in [0.15, 0.2) is 6.29 Å². The molecule has 4 fully saturated rings. The third-order valence-electron chi connectivity index (χ3n) is 7.25. The van der Waals surface area contributed by atoms with Crippen molar-refractivity contribution in [1.82, 2.24) is 0 Å². The van der Waals surface area contributed by atoms with Crippen LogP contribution < -0.4 is 0 Å². The van der Waals surface area contributed by atoms with E-state index in [4.69, 9.17) is 9.47 Å². The van der Waals surface area contributed by atoms with Gasteiger partial charge in [-0.05, 0) is 36.5 Å². The smallest absolute Gasteiger partial charge is 0.161 e. The van der Waals surface area contributed by atoms with E-state index in [0.29, 0.717) is 29.0 Å². The molecule has 1 aliphatic heterocycles. The molecule has 0 aromatic rings. The minimum atomic E-state index is 0.127. The maximum absolute atomic E-state index is 6.44. The van der Waals surface area contributed by atoms with Crippen molar-refractivity contribution in [2.24, 2.45) is 28.6 Å². The van der Waals surface area contributed by atoms with Crippen molar-refractivity contribution < 1.29 is 9.47 Å². The molecule has 0 radical (unpaired) electrons. The SMILES string of the molecule is CCC[C@@H]1C[C@H]1[C@@H]1O[C@@H]2[C@H]3CC[C@@](C)([C@@H]2O1)C3(C)C. The quantitative estimate of drug-likeness (QED) is 0.767. The molecule has 4 rings (SSSR count). The fourth-order valence-electron chi connectivity index (χ4n) is 5.45. The van der Waals surface area contributed by atoms with Crippen LogP contribution in [0.25, 0.3) is 0 Å². The molecule has 3 saturated carbocycles. The van der Waals surface area contributed by atoms with Crippen LogP contribution >= 0.6 is 0 Å². The second kappa shape index (κ2) is 3.76. The monoisotopic (exact) mass is 264 g/mol. The third-order valence-corrected chi connectivity index (χ3v) is 7.25. The van der Waals surface area contributed by atoms with Gasteiger partial charge in [0.05, 0.1) is 12.2 Å². The Hall–Kier alpha value is -0.0800. The molecule has 0 amide bonds. The molecule has 2 nitrogen and oxygen atoms in total. The van der Waals surface area contributed by atoms with E-state index in [0.717, 1.165) is 11.8 Å². The lowest BCUT2D eigenvalue weighted by Crippen LogP contribution is -2.38. The first-order valence-electron chi connectivity index (χ1n) is 8.30. The third kappa shape index (κ3) is 1.45. The molecule has 3 aliphatic carbocycles. The first-order chi connectivity index (χ1) is 8.99. The van der Waals surface area contributed by atoms with Gasteiger partial charge in [-0.2, -0.15) is 0 Å². The summed E-state index contributed by atoms with van der Waals surface area (Å²) in [5, 5.41) is 0. The maximum Gasteiger partial charge on any atom is 0.161 e. The van der Waals surface area contributed by atoms with Crippen LogP contribution in [-0.4, -0.2) is 18.5 Å². The van der Waals surface area contributed by atoms with Crippen molar-refractivity contribution in [3.8, 4) is 0 Å². The van der Waals surface area contributed by atoms with Crippen LogP contribution in [0.5, 0.6) is 0 Å². The van der Waals surface area contributed by atoms with Gasteiger partial charge in [0.2, 0.25) is 0 Å². The molecule has 108 valence electrons. The van der Waals surface area contributed by atoms with Gasteiger partial charge < -0.3 is 9.47 Å². The molecule has 1 saturated heterocycles. The minimum Gasteiger partial charge on any atom is -0.346 e. The Morgan fingerprint density at radius 2 is 1.95 bits per heavy atom. The second-order valence-electron chi connectivity index (χ2n) is 8.26. The van der Waals surface area contributed by atoms with Gasteiger partial charge in [-0.25, -0.2) is 0 Å². The van der Waals surface area contributed by atoms with Gasteiger partial charge in [-0.1, -0.05) is 40.5 Å². The fraction of sp³-hybridized carbons (Fsp3) is 1.00. The predicted molar refractivity (Wildman–Crippen MR) is 74.7 cm³/mol. The van der Waals surface area contributed by atoms with Crippen LogP contribution in [0.15, 0.2) is 0 Å². The first-order valence-corrected chi connectivity index (χ1v) is 8.30. The zero-order valence-corrected chi connectivity index (χ0v) is 12.8. The number of rotatable bonds is 3. The summed E-state index contributed by atoms with van der Waals surface area (Å²) >= 11 is 0. The van der Waals surface area contributed by atoms with Crippen molar-refractivity contribution in [3.63, 3.8) is 0 Å². The van der Waals surface area contributed by atoms with Crippen molar-refractivity contribution in [2.45, 2.75) is 78.3 Å². The molecule has 0 spiro atoms. The lowest BCUT2D eigenvalue weighted by atomic mass is 9.70. The fourth-order valence-corrected chi connectivity index (χ4v) is 5.45. The van der Waals surface area contributed by atoms with Gasteiger partial charge in [-0.3, -0.25) is 0 Å². The molecule has 1 heterocycles. The summed E-state index contributed by atoms with van der Waals surface area (Å²) < 4.78 is 12.8. The standard InChI is InChI=1S/C17H28O2/c1-5-6-10-9-11(10)15-18-13-12-7-8-17(4,14(13)19-15)16(12,2)3/h10-15H,5-9H2,1-4H3/t10-,11-,12-,13-,14-,15-,17+/m1/s1. The average Bonchev–Trinajstić information content (AvgIpc) is 2.85. The molecule has 0 N–H and O–H groups in total. The Morgan fingerprint density at radius 1 is 1.16 bits per heavy atom. The number of hydrogen-bond donors (Lipinski definition) is 0. The summed E-state index contributed by atoms with van der Waals surface area (Å²) in [6.07, 6.45) is 7.54. The first kappa shape index (κ1) is 12.6. The van der Waals surface area contributed by atoms with Crippen LogP contribution in [0.1, 0.15) is 59.8 Å². The molecule has 0 unspecified atom stereocenters. The molecule has 2 bridgehead atoms. The molecule has 7 atom stereocenters. The highest BCUT2D eigenvalue weighted by atomic mass is 16.7. The summed E-state index contributed by atoms with van der Waals surface area (Å²) in [6.45, 7) is 9.59. The molecule has 0 aromatic carbocycles. The van der Waals surface area contributed by atoms with Gasteiger partial charge >= 0.3 is 0 Å². The topological polar surface area (TPSA) is 18.5 Å². The maximum atomic E-state index is 6.44. The van der Waals surface area contributed by atoms with Crippen LogP contribution in [0, 0.1) is 28.6 Å². The van der Waals surface area contributed by atoms with Gasteiger partial charge in [-0.15, -0.1) is 0 Å². The zero-order valence-electron chi connectivity index (χ0n) is 12.8. The van der Waals surface area contributed by atoms with Crippen molar-refractivity contribution in [2.75, 3.05) is 0 Å². The van der Waals surface area contributed by atoms with E-state index in [1.54, 1.807) is 0 Å². The summed E-state index contributed by atoms with van der Waals surface area (Å²) in [5.41, 5.74) is 0.728. The number of ether oxygens (including phenoxy) is 2. The summed E-state index contributed by atoms with van der Waals surface area (Å²) in [5.74, 6) is 2.31. The minimum absolute atomic E-state index is 0.127. The Labute approximate surface area is 117 Å². The van der Waals surface area contributed by atoms with Gasteiger partial charge in [0, 0.05) is 11.3 Å². The molecular formula is C17H28O2. The normalized spacial score (nSPS) is 57.5. The van der Waals surface area contributed by atoms with Crippen LogP contribution in [0.4, 0.5) is 0 Å². The lowest BCUT2D eigenvalue weighted by molar-refractivity contribution is -0.125. The Bertz CT molecular complexity index is 391. The number of hydrogen-bond acceptors (Lipinski definition) is 2. The van der Waals surface area contributed by atoms with Crippen LogP contribution in [0.2, 0.25) is 0 Å². The van der Waals surface area contributed by atoms with E-state index in [1.165, 1.54) is 32.1 Å². The zero-order chi connectivity index (χ0) is 13.4. The molecule has 19 heavy (non-hydrogen) atoms. The molecule has 0 aromatic heterocycles. The highest BCUT2D eigenvalue weighted by molar-refractivity contribution is 5.18. The van der Waals surface area contributed by atoms with E-state index < -0.39 is 0 Å².